The molecule has 0 spiro atoms. The molecule has 0 saturated heterocycles. The van der Waals surface area contributed by atoms with E-state index in [1.165, 1.54) is 113 Å². The number of methoxy groups -OCH3 is 1. The summed E-state index contributed by atoms with van der Waals surface area (Å²) >= 11 is 0. The first-order valence-electron chi connectivity index (χ1n) is 31.1. The van der Waals surface area contributed by atoms with Crippen LogP contribution in [0.4, 0.5) is 11.4 Å². The van der Waals surface area contributed by atoms with Crippen molar-refractivity contribution in [2.45, 2.75) is 160 Å². The number of hydrogen-bond acceptors (Lipinski definition) is 17. The minimum absolute atomic E-state index is 0. The van der Waals surface area contributed by atoms with Crippen LogP contribution < -0.4 is 9.91 Å². The number of carbonyl (C=O) groups excluding carboxylic acids is 6. The van der Waals surface area contributed by atoms with E-state index in [4.69, 9.17) is 24.4 Å². The van der Waals surface area contributed by atoms with Gasteiger partial charge in [0.25, 0.3) is 48.9 Å². The molecule has 4 aliphatic heterocycles. The van der Waals surface area contributed by atoms with Crippen LogP contribution in [0.2, 0.25) is 0 Å². The first-order valence-corrected chi connectivity index (χ1v) is 32.5. The zero-order valence-electron chi connectivity index (χ0n) is 51.9. The maximum Gasteiger partial charge on any atom is 0.327 e. The van der Waals surface area contributed by atoms with Crippen LogP contribution in [0.3, 0.4) is 0 Å². The van der Waals surface area contributed by atoms with E-state index in [2.05, 4.69) is 34.1 Å². The fourth-order valence-corrected chi connectivity index (χ4v) is 13.2. The Morgan fingerprint density at radius 2 is 1.11 bits per heavy atom. The van der Waals surface area contributed by atoms with Gasteiger partial charge in [0.2, 0.25) is 9.84 Å². The molecule has 0 bridgehead atoms. The van der Waals surface area contributed by atoms with Gasteiger partial charge in [-0.25, -0.2) is 18.4 Å². The van der Waals surface area contributed by atoms with Crippen molar-refractivity contribution >= 4 is 93.6 Å². The van der Waals surface area contributed by atoms with Crippen molar-refractivity contribution in [2.24, 2.45) is 27.1 Å². The number of likely N-dealkylation sites (N-methyl/N-ethyl adjacent to an activating group) is 1. The Kier molecular flexibility index (Phi) is 30.9. The second-order valence-electron chi connectivity index (χ2n) is 22.5. The number of anilines is 2. The number of fused-ring (bicyclic) bond motifs is 1. The molecule has 90 heavy (non-hydrogen) atoms. The van der Waals surface area contributed by atoms with Gasteiger partial charge in [0.15, 0.2) is 5.84 Å². The van der Waals surface area contributed by atoms with Gasteiger partial charge < -0.3 is 23.8 Å². The van der Waals surface area contributed by atoms with Gasteiger partial charge in [0.05, 0.1) is 28.2 Å². The number of amides is 2. The minimum Gasteiger partial charge on any atom is -0.468 e. The molecule has 23 heteroatoms. The van der Waals surface area contributed by atoms with Crippen LogP contribution in [0.1, 0.15) is 166 Å². The molecule has 3 aromatic carbocycles. The number of nitrogens with one attached hydrogen (secondary N) is 1. The predicted molar refractivity (Wildman–Crippen MR) is 340 cm³/mol. The molecule has 2 amide bonds. The van der Waals surface area contributed by atoms with E-state index in [9.17, 15) is 37.2 Å². The summed E-state index contributed by atoms with van der Waals surface area (Å²) in [5.74, 6) is -0.713. The van der Waals surface area contributed by atoms with E-state index < -0.39 is 22.4 Å². The number of hydrazone groups is 3. The van der Waals surface area contributed by atoms with Gasteiger partial charge in [-0.15, -0.1) is 15.3 Å². The molecule has 4 aliphatic carbocycles. The molecular formula is C67H84FeN8O12RuS. The van der Waals surface area contributed by atoms with Gasteiger partial charge in [0, 0.05) is 73.5 Å². The van der Waals surface area contributed by atoms with Gasteiger partial charge >= 0.3 is 5.97 Å². The van der Waals surface area contributed by atoms with Crippen LogP contribution in [-0.2, 0) is 94.1 Å². The summed E-state index contributed by atoms with van der Waals surface area (Å²) in [5.41, 5.74) is 3.69. The molecule has 3 aromatic rings. The fourth-order valence-electron chi connectivity index (χ4n) is 11.5. The van der Waals surface area contributed by atoms with Crippen molar-refractivity contribution in [1.29, 1.82) is 5.41 Å². The van der Waals surface area contributed by atoms with E-state index in [0.717, 1.165) is 75.2 Å². The van der Waals surface area contributed by atoms with Crippen LogP contribution in [0.25, 0.3) is 11.6 Å². The SMILES string of the molecule is C1CCCC1.C1CCCC1.CCCCN(CCCC)c1ccc(C=C2/C(=C3\C(=N)N(CC(=O)OC)N=C3OC=O)c3ccccc3S2(=O)=O)cc1.CN1N=C(OC=O)/C(=C/C2CCCC2)C1=O.O=COC1=NN(c2ccccc2)C(=O)/C1=C\C1CCCC1.[Fe].[Ru]. The normalized spacial score (nSPS) is 20.2. The van der Waals surface area contributed by atoms with Crippen molar-refractivity contribution in [1.82, 2.24) is 10.0 Å². The summed E-state index contributed by atoms with van der Waals surface area (Å²) in [5, 5.41) is 24.3. The van der Waals surface area contributed by atoms with Gasteiger partial charge in [-0.2, -0.15) is 5.01 Å². The number of carbonyl (C=O) groups is 6. The van der Waals surface area contributed by atoms with Crippen LogP contribution in [-0.4, -0.2) is 113 Å². The predicted octanol–water partition coefficient (Wildman–Crippen LogP) is 12.2. The van der Waals surface area contributed by atoms with Crippen molar-refractivity contribution in [3.8, 4) is 0 Å². The number of hydrogen-bond donors (Lipinski definition) is 1. The van der Waals surface area contributed by atoms with Crippen molar-refractivity contribution in [3.63, 3.8) is 0 Å². The van der Waals surface area contributed by atoms with Gasteiger partial charge in [-0.3, -0.25) is 34.2 Å². The Hall–Kier alpha value is -7.19. The first-order chi connectivity index (χ1) is 42.8. The topological polar surface area (TPSA) is 247 Å². The fraction of sp³-hybridized carbons (Fsp3) is 0.463. The molecule has 1 N–H and O–H groups in total. The molecule has 0 aromatic heterocycles. The molecule has 4 saturated carbocycles. The minimum atomic E-state index is -4.00. The summed E-state index contributed by atoms with van der Waals surface area (Å²) in [6.45, 7) is 6.55. The molecule has 4 heterocycles. The van der Waals surface area contributed by atoms with Crippen LogP contribution in [0.15, 0.2) is 133 Å². The van der Waals surface area contributed by atoms with Crippen LogP contribution in [0.5, 0.6) is 0 Å². The number of allylic oxidation sites excluding steroid dienone is 3. The largest absolute Gasteiger partial charge is 0.468 e. The quantitative estimate of drug-likeness (QED) is 0.0461. The smallest absolute Gasteiger partial charge is 0.327 e. The zero-order valence-corrected chi connectivity index (χ0v) is 55.6. The van der Waals surface area contributed by atoms with Crippen molar-refractivity contribution in [3.05, 3.63) is 124 Å². The molecule has 11 rings (SSSR count). The van der Waals surface area contributed by atoms with E-state index in [0.29, 0.717) is 52.7 Å². The number of unbranched alkanes of at least 4 members (excludes halogenated alkanes) is 2. The van der Waals surface area contributed by atoms with Crippen molar-refractivity contribution < 1.29 is 92.7 Å². The Balaban J connectivity index is 0.000000247. The molecule has 8 aliphatic rings. The third-order valence-electron chi connectivity index (χ3n) is 16.2. The molecule has 0 atom stereocenters. The standard InChI is InChI=1S/C30H34N4O6S.C16H16N2O3.C11H14N2O3.2C5H10.Fe.Ru/c1-4-6-16-33(17-7-5-2)22-14-12-21(13-15-22)18-25-27(23-10-8-9-11-24(23)41(25,37)38)28-29(31)34(19-26(36)39-3)32-30(28)40-20-35;19-11-21-15-14(10-12-6-4-5-7-12)16(20)18(17-15)13-8-2-1-3-9-13;1-13-11(15)9(10(12-13)16-7-14)6-8-4-2-3-5-8;2*1-2-4-5-3-1;;/h8-15,18,20,31H,4-7,16-17,19H2,1-3H3;1-3,8-12H,4-7H2;6-8H,2-5H2,1H3;2*1-5H2;;/b25-18?,28-27+,31-29?;14-10-;9-6-;;;;. The maximum atomic E-state index is 13.8. The average molecular weight is 1380 g/mol. The molecule has 0 radical (unpaired) electrons. The monoisotopic (exact) mass is 1380 g/mol. The van der Waals surface area contributed by atoms with Gasteiger partial charge in [-0.05, 0) is 92.3 Å². The number of ether oxygens (including phenoxy) is 4. The summed E-state index contributed by atoms with van der Waals surface area (Å²) in [7, 11) is -1.25. The Morgan fingerprint density at radius 3 is 1.61 bits per heavy atom. The average Bonchev–Trinajstić information content (AvgIpc) is 1.62. The number of sulfone groups is 1. The second-order valence-corrected chi connectivity index (χ2v) is 24.3. The summed E-state index contributed by atoms with van der Waals surface area (Å²) in [6.07, 6.45) is 33.7. The number of nitrogens with zero attached hydrogens (tertiary/aromatic N) is 7. The van der Waals surface area contributed by atoms with Crippen LogP contribution in [0, 0.1) is 17.2 Å². The Morgan fingerprint density at radius 1 is 0.633 bits per heavy atom. The second kappa shape index (κ2) is 37.8. The zero-order chi connectivity index (χ0) is 62.8. The Bertz CT molecular complexity index is 3240. The third kappa shape index (κ3) is 19.9. The van der Waals surface area contributed by atoms with Crippen molar-refractivity contribution in [2.75, 3.05) is 43.7 Å². The molecular weight excluding hydrogens is 1300 g/mol. The number of amidine groups is 1. The number of rotatable bonds is 16. The Labute approximate surface area is 552 Å². The number of esters is 1. The van der Waals surface area contributed by atoms with E-state index in [-0.39, 0.29) is 99.3 Å². The molecule has 486 valence electrons. The van der Waals surface area contributed by atoms with E-state index >= 15 is 0 Å². The molecule has 0 unspecified atom stereocenters. The molecule has 4 fully saturated rings. The van der Waals surface area contributed by atoms with Gasteiger partial charge in [0.1, 0.15) is 17.7 Å². The van der Waals surface area contributed by atoms with E-state index in [1.54, 1.807) is 43.5 Å². The maximum absolute atomic E-state index is 13.8. The van der Waals surface area contributed by atoms with Gasteiger partial charge in [-0.1, -0.05) is 177 Å². The first kappa shape index (κ1) is 73.5. The summed E-state index contributed by atoms with van der Waals surface area (Å²) in [4.78, 5) is 70.8. The third-order valence-corrected chi connectivity index (χ3v) is 18.0. The van der Waals surface area contributed by atoms with Crippen LogP contribution >= 0.6 is 0 Å². The summed E-state index contributed by atoms with van der Waals surface area (Å²) < 4.78 is 47.0. The van der Waals surface area contributed by atoms with E-state index in [1.807, 2.05) is 54.6 Å². The number of para-hydroxylation sites is 1. The molecule has 20 nitrogen and oxygen atoms in total. The summed E-state index contributed by atoms with van der Waals surface area (Å²) in [6, 6.07) is 23.3. The number of benzene rings is 3.